The molecule has 1 unspecified atom stereocenters. The van der Waals surface area contributed by atoms with Crippen molar-refractivity contribution in [3.05, 3.63) is 29.8 Å². The monoisotopic (exact) mass is 233 g/mol. The molecular weight excluding hydrogens is 218 g/mol. The lowest BCUT2D eigenvalue weighted by molar-refractivity contribution is -0.137. The Kier molecular flexibility index (Phi) is 5.02. The zero-order valence-electron chi connectivity index (χ0n) is 9.72. The maximum absolute atomic E-state index is 10.5. The van der Waals surface area contributed by atoms with Crippen molar-refractivity contribution in [1.29, 1.82) is 5.26 Å². The maximum Gasteiger partial charge on any atom is 0.303 e. The molecule has 0 saturated carbocycles. The highest BCUT2D eigenvalue weighted by Crippen LogP contribution is 2.23. The summed E-state index contributed by atoms with van der Waals surface area (Å²) >= 11 is 0. The summed E-state index contributed by atoms with van der Waals surface area (Å²) in [6, 6.07) is 9.32. The van der Waals surface area contributed by atoms with E-state index in [9.17, 15) is 4.79 Å². The molecule has 1 aromatic rings. The predicted octanol–water partition coefficient (Wildman–Crippen LogP) is 2.56. The van der Waals surface area contributed by atoms with E-state index < -0.39 is 5.97 Å². The van der Waals surface area contributed by atoms with Crippen molar-refractivity contribution in [3.8, 4) is 11.8 Å². The molecule has 0 fully saturated rings. The normalized spacial score (nSPS) is 11.5. The van der Waals surface area contributed by atoms with E-state index in [-0.39, 0.29) is 12.3 Å². The molecule has 0 heterocycles. The van der Waals surface area contributed by atoms with Gasteiger partial charge in [0.1, 0.15) is 5.75 Å². The van der Waals surface area contributed by atoms with Crippen LogP contribution in [0.25, 0.3) is 0 Å². The average molecular weight is 233 g/mol. The number of benzene rings is 1. The van der Waals surface area contributed by atoms with Gasteiger partial charge in [0.25, 0.3) is 0 Å². The molecule has 0 bridgehead atoms. The molecule has 1 N–H and O–H groups in total. The number of carboxylic acid groups (broad SMARTS) is 1. The SMILES string of the molecule is CCOc1ccc(C(C#N)CCC(=O)O)cc1. The summed E-state index contributed by atoms with van der Waals surface area (Å²) in [5.74, 6) is -0.496. The van der Waals surface area contributed by atoms with Gasteiger partial charge in [-0.1, -0.05) is 12.1 Å². The topological polar surface area (TPSA) is 70.3 Å². The van der Waals surface area contributed by atoms with Crippen LogP contribution in [-0.4, -0.2) is 17.7 Å². The molecule has 0 aromatic heterocycles. The van der Waals surface area contributed by atoms with Gasteiger partial charge in [0.2, 0.25) is 0 Å². The lowest BCUT2D eigenvalue weighted by atomic mass is 9.96. The summed E-state index contributed by atoms with van der Waals surface area (Å²) in [4.78, 5) is 10.5. The molecule has 0 amide bonds. The minimum atomic E-state index is -0.879. The first-order valence-corrected chi connectivity index (χ1v) is 5.51. The molecule has 0 radical (unpaired) electrons. The van der Waals surface area contributed by atoms with E-state index in [1.54, 1.807) is 24.3 Å². The molecule has 17 heavy (non-hydrogen) atoms. The third-order valence-corrected chi connectivity index (χ3v) is 2.40. The number of ether oxygens (including phenoxy) is 1. The highest BCUT2D eigenvalue weighted by molar-refractivity contribution is 5.66. The van der Waals surface area contributed by atoms with Crippen molar-refractivity contribution in [1.82, 2.24) is 0 Å². The van der Waals surface area contributed by atoms with Crippen molar-refractivity contribution in [3.63, 3.8) is 0 Å². The van der Waals surface area contributed by atoms with Gasteiger partial charge in [-0.3, -0.25) is 4.79 Å². The van der Waals surface area contributed by atoms with Crippen LogP contribution in [0.4, 0.5) is 0 Å². The first-order valence-electron chi connectivity index (χ1n) is 5.51. The van der Waals surface area contributed by atoms with E-state index >= 15 is 0 Å². The standard InChI is InChI=1S/C13H15NO3/c1-2-17-12-6-3-10(4-7-12)11(9-14)5-8-13(15)16/h3-4,6-7,11H,2,5,8H2,1H3,(H,15,16). The van der Waals surface area contributed by atoms with Crippen LogP contribution in [0.3, 0.4) is 0 Å². The molecule has 1 rings (SSSR count). The van der Waals surface area contributed by atoms with E-state index in [4.69, 9.17) is 15.1 Å². The third kappa shape index (κ3) is 4.15. The number of hydrogen-bond donors (Lipinski definition) is 1. The average Bonchev–Trinajstić information content (AvgIpc) is 2.32. The molecule has 0 spiro atoms. The highest BCUT2D eigenvalue weighted by Gasteiger charge is 2.12. The van der Waals surface area contributed by atoms with Gasteiger partial charge in [0, 0.05) is 6.42 Å². The molecule has 0 aliphatic heterocycles. The molecule has 0 saturated heterocycles. The van der Waals surface area contributed by atoms with E-state index in [0.29, 0.717) is 13.0 Å². The molecule has 4 nitrogen and oxygen atoms in total. The molecular formula is C13H15NO3. The number of rotatable bonds is 6. The summed E-state index contributed by atoms with van der Waals surface area (Å²) in [5.41, 5.74) is 0.831. The van der Waals surface area contributed by atoms with E-state index in [0.717, 1.165) is 11.3 Å². The minimum Gasteiger partial charge on any atom is -0.494 e. The number of aliphatic carboxylic acids is 1. The molecule has 0 aliphatic rings. The largest absolute Gasteiger partial charge is 0.494 e. The quantitative estimate of drug-likeness (QED) is 0.819. The molecule has 90 valence electrons. The van der Waals surface area contributed by atoms with Crippen LogP contribution in [0, 0.1) is 11.3 Å². The Morgan fingerprint density at radius 2 is 2.12 bits per heavy atom. The lowest BCUT2D eigenvalue weighted by Crippen LogP contribution is -2.01. The van der Waals surface area contributed by atoms with Crippen LogP contribution in [0.15, 0.2) is 24.3 Å². The van der Waals surface area contributed by atoms with Crippen molar-refractivity contribution >= 4 is 5.97 Å². The van der Waals surface area contributed by atoms with Crippen LogP contribution in [0.5, 0.6) is 5.75 Å². The maximum atomic E-state index is 10.5. The fourth-order valence-electron chi connectivity index (χ4n) is 1.54. The summed E-state index contributed by atoms with van der Waals surface area (Å²) in [6.07, 6.45) is 0.339. The van der Waals surface area contributed by atoms with Crippen molar-refractivity contribution in [2.75, 3.05) is 6.61 Å². The lowest BCUT2D eigenvalue weighted by Gasteiger charge is -2.09. The van der Waals surface area contributed by atoms with Crippen LogP contribution >= 0.6 is 0 Å². The molecule has 1 aromatic carbocycles. The van der Waals surface area contributed by atoms with E-state index in [1.165, 1.54) is 0 Å². The Morgan fingerprint density at radius 3 is 2.59 bits per heavy atom. The minimum absolute atomic E-state index is 0.00539. The van der Waals surface area contributed by atoms with Gasteiger partial charge in [0.05, 0.1) is 18.6 Å². The van der Waals surface area contributed by atoms with Crippen molar-refractivity contribution < 1.29 is 14.6 Å². The van der Waals surface area contributed by atoms with E-state index in [1.807, 2.05) is 6.92 Å². The van der Waals surface area contributed by atoms with Gasteiger partial charge in [-0.15, -0.1) is 0 Å². The second kappa shape index (κ2) is 6.54. The van der Waals surface area contributed by atoms with Gasteiger partial charge in [0.15, 0.2) is 0 Å². The summed E-state index contributed by atoms with van der Waals surface area (Å²) in [7, 11) is 0. The number of nitrogens with zero attached hydrogens (tertiary/aromatic N) is 1. The first kappa shape index (κ1) is 13.0. The summed E-state index contributed by atoms with van der Waals surface area (Å²) < 4.78 is 5.30. The Labute approximate surface area is 100 Å². The molecule has 1 atom stereocenters. The predicted molar refractivity (Wildman–Crippen MR) is 62.8 cm³/mol. The van der Waals surface area contributed by atoms with Gasteiger partial charge in [-0.25, -0.2) is 0 Å². The highest BCUT2D eigenvalue weighted by atomic mass is 16.5. The van der Waals surface area contributed by atoms with Gasteiger partial charge in [-0.05, 0) is 31.0 Å². The number of hydrogen-bond acceptors (Lipinski definition) is 3. The van der Waals surface area contributed by atoms with Crippen molar-refractivity contribution in [2.45, 2.75) is 25.7 Å². The fraction of sp³-hybridized carbons (Fsp3) is 0.385. The third-order valence-electron chi connectivity index (χ3n) is 2.40. The van der Waals surface area contributed by atoms with E-state index in [2.05, 4.69) is 6.07 Å². The fourth-order valence-corrected chi connectivity index (χ4v) is 1.54. The van der Waals surface area contributed by atoms with Crippen molar-refractivity contribution in [2.24, 2.45) is 0 Å². The first-order chi connectivity index (χ1) is 8.17. The smallest absolute Gasteiger partial charge is 0.303 e. The second-order valence-corrected chi connectivity index (χ2v) is 3.62. The summed E-state index contributed by atoms with van der Waals surface area (Å²) in [6.45, 7) is 2.50. The number of carbonyl (C=O) groups is 1. The van der Waals surface area contributed by atoms with Crippen LogP contribution in [0.2, 0.25) is 0 Å². The van der Waals surface area contributed by atoms with Gasteiger partial charge < -0.3 is 9.84 Å². The number of nitriles is 1. The summed E-state index contributed by atoms with van der Waals surface area (Å²) in [5, 5.41) is 17.6. The van der Waals surface area contributed by atoms with Crippen LogP contribution in [0.1, 0.15) is 31.2 Å². The second-order valence-electron chi connectivity index (χ2n) is 3.62. The molecule has 4 heteroatoms. The Bertz CT molecular complexity index is 406. The van der Waals surface area contributed by atoms with Crippen LogP contribution in [-0.2, 0) is 4.79 Å². The Morgan fingerprint density at radius 1 is 1.47 bits per heavy atom. The van der Waals surface area contributed by atoms with Gasteiger partial charge in [-0.2, -0.15) is 5.26 Å². The Hall–Kier alpha value is -2.02. The number of carboxylic acids is 1. The van der Waals surface area contributed by atoms with Crippen LogP contribution < -0.4 is 4.74 Å². The van der Waals surface area contributed by atoms with Gasteiger partial charge >= 0.3 is 5.97 Å². The zero-order chi connectivity index (χ0) is 12.7. The molecule has 0 aliphatic carbocycles. The zero-order valence-corrected chi connectivity index (χ0v) is 9.72. The Balaban J connectivity index is 2.69.